The van der Waals surface area contributed by atoms with Gasteiger partial charge in [-0.05, 0) is 44.1 Å². The number of hydrogen-bond donors (Lipinski definition) is 2. The Morgan fingerprint density at radius 1 is 1.43 bits per heavy atom. The lowest BCUT2D eigenvalue weighted by Gasteiger charge is -2.20. The van der Waals surface area contributed by atoms with Gasteiger partial charge in [0.25, 0.3) is 0 Å². The molecule has 0 saturated carbocycles. The average molecular weight is 356 g/mol. The Kier molecular flexibility index (Phi) is 6.02. The highest BCUT2D eigenvalue weighted by molar-refractivity contribution is 9.10. The van der Waals surface area contributed by atoms with Crippen LogP contribution < -0.4 is 15.4 Å². The molecule has 1 aliphatic heterocycles. The number of halogens is 1. The van der Waals surface area contributed by atoms with Gasteiger partial charge in [0.05, 0.1) is 19.3 Å². The van der Waals surface area contributed by atoms with E-state index in [0.717, 1.165) is 48.3 Å². The topological polar surface area (TPSA) is 53.6 Å². The molecule has 1 amide bonds. The van der Waals surface area contributed by atoms with Crippen molar-refractivity contribution in [2.75, 3.05) is 45.2 Å². The molecule has 5 nitrogen and oxygen atoms in total. The van der Waals surface area contributed by atoms with Crippen molar-refractivity contribution in [1.29, 1.82) is 0 Å². The molecule has 1 fully saturated rings. The average Bonchev–Trinajstić information content (AvgIpc) is 2.70. The molecule has 0 atom stereocenters. The first-order valence-electron chi connectivity index (χ1n) is 7.17. The third-order valence-corrected chi connectivity index (χ3v) is 4.01. The van der Waals surface area contributed by atoms with E-state index in [1.54, 1.807) is 7.11 Å². The summed E-state index contributed by atoms with van der Waals surface area (Å²) in [6.07, 6.45) is 1.08. The molecule has 0 bridgehead atoms. The number of nitrogens with zero attached hydrogens (tertiary/aromatic N) is 1. The number of carbonyl (C=O) groups is 1. The third-order valence-electron chi connectivity index (χ3n) is 3.55. The second kappa shape index (κ2) is 7.77. The van der Waals surface area contributed by atoms with Crippen molar-refractivity contribution in [3.8, 4) is 5.75 Å². The normalized spacial score (nSPS) is 16.3. The number of ether oxygens (including phenoxy) is 1. The van der Waals surface area contributed by atoms with E-state index in [1.165, 1.54) is 0 Å². The van der Waals surface area contributed by atoms with Gasteiger partial charge in [-0.15, -0.1) is 0 Å². The molecular weight excluding hydrogens is 334 g/mol. The van der Waals surface area contributed by atoms with Crippen LogP contribution in [0, 0.1) is 6.92 Å². The van der Waals surface area contributed by atoms with E-state index >= 15 is 0 Å². The van der Waals surface area contributed by atoms with Gasteiger partial charge < -0.3 is 15.4 Å². The highest BCUT2D eigenvalue weighted by atomic mass is 79.9. The molecule has 0 aliphatic carbocycles. The van der Waals surface area contributed by atoms with Crippen LogP contribution in [0.5, 0.6) is 5.75 Å². The molecular formula is C15H22BrN3O2. The summed E-state index contributed by atoms with van der Waals surface area (Å²) in [4.78, 5) is 14.4. The highest BCUT2D eigenvalue weighted by Crippen LogP contribution is 2.32. The van der Waals surface area contributed by atoms with Gasteiger partial charge in [-0.3, -0.25) is 9.69 Å². The monoisotopic (exact) mass is 355 g/mol. The molecule has 1 aliphatic rings. The fourth-order valence-corrected chi connectivity index (χ4v) is 3.03. The van der Waals surface area contributed by atoms with Gasteiger partial charge in [0, 0.05) is 17.6 Å². The molecule has 6 heteroatoms. The predicted octanol–water partition coefficient (Wildman–Crippen LogP) is 2.00. The van der Waals surface area contributed by atoms with Crippen LogP contribution in [0.4, 0.5) is 5.69 Å². The molecule has 2 rings (SSSR count). The molecule has 0 radical (unpaired) electrons. The molecule has 1 aromatic carbocycles. The summed E-state index contributed by atoms with van der Waals surface area (Å²) in [6, 6.07) is 3.83. The van der Waals surface area contributed by atoms with Crippen molar-refractivity contribution >= 4 is 27.5 Å². The minimum Gasteiger partial charge on any atom is -0.495 e. The minimum absolute atomic E-state index is 0.000576. The van der Waals surface area contributed by atoms with E-state index in [9.17, 15) is 4.79 Å². The van der Waals surface area contributed by atoms with E-state index in [0.29, 0.717) is 12.3 Å². The zero-order chi connectivity index (χ0) is 15.2. The van der Waals surface area contributed by atoms with Crippen LogP contribution in [0.2, 0.25) is 0 Å². The van der Waals surface area contributed by atoms with E-state index in [-0.39, 0.29) is 5.91 Å². The summed E-state index contributed by atoms with van der Waals surface area (Å²) < 4.78 is 6.29. The lowest BCUT2D eigenvalue weighted by atomic mass is 10.2. The van der Waals surface area contributed by atoms with Crippen molar-refractivity contribution in [2.45, 2.75) is 13.3 Å². The lowest BCUT2D eigenvalue weighted by Crippen LogP contribution is -2.35. The smallest absolute Gasteiger partial charge is 0.238 e. The number of anilines is 1. The summed E-state index contributed by atoms with van der Waals surface area (Å²) in [5.74, 6) is 0.674. The number of amides is 1. The van der Waals surface area contributed by atoms with Crippen molar-refractivity contribution in [3.05, 3.63) is 22.2 Å². The molecule has 0 spiro atoms. The fourth-order valence-electron chi connectivity index (χ4n) is 2.48. The standard InChI is InChI=1S/C15H22BrN3O2/c1-11-8-12(16)9-13(21-2)15(11)18-14(20)10-19-6-3-4-17-5-7-19/h8-9,17H,3-7,10H2,1-2H3,(H,18,20). The van der Waals surface area contributed by atoms with Crippen LogP contribution in [-0.2, 0) is 4.79 Å². The molecule has 1 heterocycles. The number of carbonyl (C=O) groups excluding carboxylic acids is 1. The van der Waals surface area contributed by atoms with Crippen LogP contribution in [0.1, 0.15) is 12.0 Å². The number of nitrogens with one attached hydrogen (secondary N) is 2. The maximum Gasteiger partial charge on any atom is 0.238 e. The highest BCUT2D eigenvalue weighted by Gasteiger charge is 2.15. The zero-order valence-electron chi connectivity index (χ0n) is 12.5. The van der Waals surface area contributed by atoms with Gasteiger partial charge in [-0.25, -0.2) is 0 Å². The Balaban J connectivity index is 2.02. The summed E-state index contributed by atoms with van der Waals surface area (Å²) in [5, 5.41) is 6.31. The Bertz CT molecular complexity index is 500. The maximum absolute atomic E-state index is 12.3. The number of rotatable bonds is 4. The van der Waals surface area contributed by atoms with Crippen molar-refractivity contribution in [3.63, 3.8) is 0 Å². The molecule has 1 aromatic rings. The second-order valence-electron chi connectivity index (χ2n) is 5.23. The minimum atomic E-state index is 0.000576. The van der Waals surface area contributed by atoms with Gasteiger partial charge in [-0.1, -0.05) is 15.9 Å². The first kappa shape index (κ1) is 16.3. The summed E-state index contributed by atoms with van der Waals surface area (Å²) >= 11 is 3.43. The molecule has 0 unspecified atom stereocenters. The van der Waals surface area contributed by atoms with Crippen LogP contribution in [0.25, 0.3) is 0 Å². The Labute approximate surface area is 134 Å². The fraction of sp³-hybridized carbons (Fsp3) is 0.533. The quantitative estimate of drug-likeness (QED) is 0.867. The van der Waals surface area contributed by atoms with E-state index in [1.807, 2.05) is 19.1 Å². The Morgan fingerprint density at radius 2 is 2.24 bits per heavy atom. The van der Waals surface area contributed by atoms with Gasteiger partial charge in [0.15, 0.2) is 0 Å². The number of hydrogen-bond acceptors (Lipinski definition) is 4. The largest absolute Gasteiger partial charge is 0.495 e. The van der Waals surface area contributed by atoms with E-state index in [4.69, 9.17) is 4.74 Å². The molecule has 116 valence electrons. The summed E-state index contributed by atoms with van der Waals surface area (Å²) in [5.41, 5.74) is 1.73. The van der Waals surface area contributed by atoms with Gasteiger partial charge in [-0.2, -0.15) is 0 Å². The van der Waals surface area contributed by atoms with E-state index in [2.05, 4.69) is 31.5 Å². The van der Waals surface area contributed by atoms with Crippen molar-refractivity contribution < 1.29 is 9.53 Å². The summed E-state index contributed by atoms with van der Waals surface area (Å²) in [7, 11) is 1.61. The van der Waals surface area contributed by atoms with Gasteiger partial charge in [0.1, 0.15) is 5.75 Å². The number of methoxy groups -OCH3 is 1. The SMILES string of the molecule is COc1cc(Br)cc(C)c1NC(=O)CN1CCCNCC1. The third kappa shape index (κ3) is 4.69. The van der Waals surface area contributed by atoms with Crippen LogP contribution in [-0.4, -0.2) is 50.6 Å². The van der Waals surface area contributed by atoms with Crippen LogP contribution in [0.3, 0.4) is 0 Å². The summed E-state index contributed by atoms with van der Waals surface area (Å²) in [6.45, 7) is 6.20. The zero-order valence-corrected chi connectivity index (χ0v) is 14.1. The van der Waals surface area contributed by atoms with Crippen molar-refractivity contribution in [1.82, 2.24) is 10.2 Å². The Hall–Kier alpha value is -1.11. The van der Waals surface area contributed by atoms with Gasteiger partial charge in [0.2, 0.25) is 5.91 Å². The predicted molar refractivity (Wildman–Crippen MR) is 88.0 cm³/mol. The first-order chi connectivity index (χ1) is 10.1. The van der Waals surface area contributed by atoms with Gasteiger partial charge >= 0.3 is 0 Å². The Morgan fingerprint density at radius 3 is 3.00 bits per heavy atom. The first-order valence-corrected chi connectivity index (χ1v) is 7.96. The lowest BCUT2D eigenvalue weighted by molar-refractivity contribution is -0.117. The molecule has 21 heavy (non-hydrogen) atoms. The molecule has 0 aromatic heterocycles. The second-order valence-corrected chi connectivity index (χ2v) is 6.14. The maximum atomic E-state index is 12.3. The van der Waals surface area contributed by atoms with Crippen LogP contribution >= 0.6 is 15.9 Å². The number of benzene rings is 1. The molecule has 1 saturated heterocycles. The molecule has 2 N–H and O–H groups in total. The number of aryl methyl sites for hydroxylation is 1. The van der Waals surface area contributed by atoms with E-state index < -0.39 is 0 Å². The van der Waals surface area contributed by atoms with Crippen LogP contribution in [0.15, 0.2) is 16.6 Å². The van der Waals surface area contributed by atoms with Crippen molar-refractivity contribution in [2.24, 2.45) is 0 Å².